The highest BCUT2D eigenvalue weighted by molar-refractivity contribution is 7.10. The van der Waals surface area contributed by atoms with E-state index in [2.05, 4.69) is 14.5 Å². The Kier molecular flexibility index (Phi) is 3.00. The van der Waals surface area contributed by atoms with E-state index >= 15 is 0 Å². The number of hydrogen-bond acceptors (Lipinski definition) is 7. The van der Waals surface area contributed by atoms with Crippen molar-refractivity contribution >= 4 is 16.5 Å². The quantitative estimate of drug-likeness (QED) is 0.909. The SMILES string of the molecule is Cc1nsc(N)c1-c1nc(CC2CCOC2)no1. The van der Waals surface area contributed by atoms with Gasteiger partial charge in [-0.25, -0.2) is 0 Å². The molecule has 0 saturated carbocycles. The van der Waals surface area contributed by atoms with Crippen LogP contribution in [0.1, 0.15) is 17.9 Å². The predicted molar refractivity (Wildman–Crippen MR) is 67.2 cm³/mol. The van der Waals surface area contributed by atoms with Crippen LogP contribution in [0.25, 0.3) is 11.5 Å². The fourth-order valence-electron chi connectivity index (χ4n) is 2.09. The summed E-state index contributed by atoms with van der Waals surface area (Å²) in [5.74, 6) is 1.67. The lowest BCUT2D eigenvalue weighted by Gasteiger charge is -2.00. The number of aryl methyl sites for hydroxylation is 1. The first kappa shape index (κ1) is 11.6. The summed E-state index contributed by atoms with van der Waals surface area (Å²) in [6.07, 6.45) is 1.85. The molecule has 2 aromatic rings. The lowest BCUT2D eigenvalue weighted by Crippen LogP contribution is -2.04. The minimum atomic E-state index is 0.465. The number of rotatable bonds is 3. The summed E-state index contributed by atoms with van der Waals surface area (Å²) in [6, 6.07) is 0. The molecule has 0 radical (unpaired) electrons. The van der Waals surface area contributed by atoms with Crippen LogP contribution in [0.15, 0.2) is 4.52 Å². The number of nitrogens with zero attached hydrogens (tertiary/aromatic N) is 3. The molecule has 1 atom stereocenters. The van der Waals surface area contributed by atoms with Gasteiger partial charge in [-0.2, -0.15) is 9.36 Å². The van der Waals surface area contributed by atoms with Crippen molar-refractivity contribution in [1.29, 1.82) is 0 Å². The first-order valence-corrected chi connectivity index (χ1v) is 6.64. The third-order valence-corrected chi connectivity index (χ3v) is 3.83. The topological polar surface area (TPSA) is 87.1 Å². The maximum Gasteiger partial charge on any atom is 0.262 e. The first-order valence-electron chi connectivity index (χ1n) is 5.86. The number of aromatic nitrogens is 3. The standard InChI is InChI=1S/C11H14N4O2S/c1-6-9(10(12)18-15-6)11-13-8(14-17-11)4-7-2-3-16-5-7/h7H,2-5,12H2,1H3. The zero-order valence-corrected chi connectivity index (χ0v) is 10.9. The van der Waals surface area contributed by atoms with Gasteiger partial charge in [0.15, 0.2) is 5.82 Å². The Morgan fingerprint density at radius 2 is 2.39 bits per heavy atom. The molecule has 18 heavy (non-hydrogen) atoms. The number of nitrogens with two attached hydrogens (primary N) is 1. The van der Waals surface area contributed by atoms with Crippen molar-refractivity contribution in [3.8, 4) is 11.5 Å². The summed E-state index contributed by atoms with van der Waals surface area (Å²) in [5.41, 5.74) is 7.45. The van der Waals surface area contributed by atoms with Gasteiger partial charge < -0.3 is 15.0 Å². The third kappa shape index (κ3) is 2.11. The van der Waals surface area contributed by atoms with E-state index in [1.165, 1.54) is 11.5 Å². The minimum Gasteiger partial charge on any atom is -0.389 e. The molecule has 1 saturated heterocycles. The van der Waals surface area contributed by atoms with Gasteiger partial charge in [0.05, 0.1) is 11.3 Å². The van der Waals surface area contributed by atoms with E-state index in [-0.39, 0.29) is 0 Å². The molecule has 0 amide bonds. The average molecular weight is 266 g/mol. The van der Waals surface area contributed by atoms with Gasteiger partial charge in [-0.05, 0) is 30.8 Å². The fourth-order valence-corrected chi connectivity index (χ4v) is 2.74. The minimum absolute atomic E-state index is 0.465. The van der Waals surface area contributed by atoms with Crippen LogP contribution in [0, 0.1) is 12.8 Å². The van der Waals surface area contributed by atoms with E-state index < -0.39 is 0 Å². The van der Waals surface area contributed by atoms with Crippen molar-refractivity contribution < 1.29 is 9.26 Å². The molecule has 2 N–H and O–H groups in total. The Bertz CT molecular complexity index is 525. The van der Waals surface area contributed by atoms with Crippen LogP contribution in [0.3, 0.4) is 0 Å². The van der Waals surface area contributed by atoms with Crippen molar-refractivity contribution in [2.75, 3.05) is 18.9 Å². The molecule has 1 aliphatic heterocycles. The predicted octanol–water partition coefficient (Wildman–Crippen LogP) is 1.66. The normalized spacial score (nSPS) is 19.5. The Morgan fingerprint density at radius 3 is 3.06 bits per heavy atom. The number of anilines is 1. The maximum absolute atomic E-state index is 5.85. The van der Waals surface area contributed by atoms with E-state index in [4.69, 9.17) is 15.0 Å². The summed E-state index contributed by atoms with van der Waals surface area (Å²) in [7, 11) is 0. The number of nitrogen functional groups attached to an aromatic ring is 1. The highest BCUT2D eigenvalue weighted by atomic mass is 32.1. The van der Waals surface area contributed by atoms with Crippen molar-refractivity contribution in [1.82, 2.24) is 14.5 Å². The van der Waals surface area contributed by atoms with Crippen LogP contribution in [0.4, 0.5) is 5.00 Å². The van der Waals surface area contributed by atoms with Crippen molar-refractivity contribution in [2.24, 2.45) is 5.92 Å². The second kappa shape index (κ2) is 4.66. The smallest absolute Gasteiger partial charge is 0.262 e. The Labute approximate surface area is 108 Å². The maximum atomic E-state index is 5.85. The molecule has 7 heteroatoms. The van der Waals surface area contributed by atoms with Gasteiger partial charge in [0, 0.05) is 19.6 Å². The first-order chi connectivity index (χ1) is 8.74. The van der Waals surface area contributed by atoms with Crippen LogP contribution in [0.2, 0.25) is 0 Å². The second-order valence-electron chi connectivity index (χ2n) is 4.46. The van der Waals surface area contributed by atoms with Crippen molar-refractivity contribution in [3.05, 3.63) is 11.5 Å². The van der Waals surface area contributed by atoms with E-state index in [9.17, 15) is 0 Å². The number of ether oxygens (including phenoxy) is 1. The largest absolute Gasteiger partial charge is 0.389 e. The van der Waals surface area contributed by atoms with Gasteiger partial charge >= 0.3 is 0 Å². The molecule has 2 aromatic heterocycles. The zero-order chi connectivity index (χ0) is 12.5. The van der Waals surface area contributed by atoms with E-state index in [1.807, 2.05) is 6.92 Å². The molecule has 0 aliphatic carbocycles. The molecule has 3 rings (SSSR count). The van der Waals surface area contributed by atoms with Gasteiger partial charge in [0.1, 0.15) is 5.00 Å². The fraction of sp³-hybridized carbons (Fsp3) is 0.545. The lowest BCUT2D eigenvalue weighted by molar-refractivity contribution is 0.185. The summed E-state index contributed by atoms with van der Waals surface area (Å²) >= 11 is 1.25. The van der Waals surface area contributed by atoms with Crippen LogP contribution in [0.5, 0.6) is 0 Å². The van der Waals surface area contributed by atoms with Gasteiger partial charge in [0.2, 0.25) is 0 Å². The highest BCUT2D eigenvalue weighted by Gasteiger charge is 2.21. The van der Waals surface area contributed by atoms with Crippen LogP contribution in [-0.2, 0) is 11.2 Å². The van der Waals surface area contributed by atoms with E-state index in [0.29, 0.717) is 22.6 Å². The van der Waals surface area contributed by atoms with Crippen LogP contribution in [-0.4, -0.2) is 27.7 Å². The Balaban J connectivity index is 1.80. The van der Waals surface area contributed by atoms with Crippen molar-refractivity contribution in [2.45, 2.75) is 19.8 Å². The van der Waals surface area contributed by atoms with Gasteiger partial charge in [-0.15, -0.1) is 0 Å². The van der Waals surface area contributed by atoms with E-state index in [1.54, 1.807) is 0 Å². The molecular formula is C11H14N4O2S. The molecule has 6 nitrogen and oxygen atoms in total. The zero-order valence-electron chi connectivity index (χ0n) is 10.0. The summed E-state index contributed by atoms with van der Waals surface area (Å²) in [5, 5.41) is 4.61. The van der Waals surface area contributed by atoms with Gasteiger partial charge in [-0.3, -0.25) is 0 Å². The summed E-state index contributed by atoms with van der Waals surface area (Å²) in [4.78, 5) is 4.39. The number of hydrogen-bond donors (Lipinski definition) is 1. The molecule has 1 fully saturated rings. The second-order valence-corrected chi connectivity index (χ2v) is 5.26. The molecular weight excluding hydrogens is 252 g/mol. The molecule has 0 aromatic carbocycles. The third-order valence-electron chi connectivity index (χ3n) is 3.07. The van der Waals surface area contributed by atoms with Gasteiger partial charge in [0.25, 0.3) is 5.89 Å². The molecule has 0 spiro atoms. The molecule has 1 aliphatic rings. The van der Waals surface area contributed by atoms with E-state index in [0.717, 1.165) is 37.3 Å². The molecule has 96 valence electrons. The molecule has 3 heterocycles. The monoisotopic (exact) mass is 266 g/mol. The Morgan fingerprint density at radius 1 is 1.50 bits per heavy atom. The van der Waals surface area contributed by atoms with Crippen LogP contribution < -0.4 is 5.73 Å². The molecule has 0 bridgehead atoms. The summed E-state index contributed by atoms with van der Waals surface area (Å²) < 4.78 is 14.8. The lowest BCUT2D eigenvalue weighted by atomic mass is 10.1. The average Bonchev–Trinajstić information content (AvgIpc) is 3.04. The van der Waals surface area contributed by atoms with Crippen LogP contribution >= 0.6 is 11.5 Å². The molecule has 1 unspecified atom stereocenters. The van der Waals surface area contributed by atoms with Gasteiger partial charge in [-0.1, -0.05) is 5.16 Å². The highest BCUT2D eigenvalue weighted by Crippen LogP contribution is 2.31. The Hall–Kier alpha value is -1.47. The summed E-state index contributed by atoms with van der Waals surface area (Å²) in [6.45, 7) is 3.50. The van der Waals surface area contributed by atoms with Crippen molar-refractivity contribution in [3.63, 3.8) is 0 Å².